The maximum atomic E-state index is 5.87. The largest absolute Gasteiger partial charge is 0.373 e. The van der Waals surface area contributed by atoms with Gasteiger partial charge >= 0.3 is 0 Å². The van der Waals surface area contributed by atoms with Gasteiger partial charge in [0.15, 0.2) is 0 Å². The van der Waals surface area contributed by atoms with Crippen molar-refractivity contribution in [2.75, 3.05) is 13.2 Å². The van der Waals surface area contributed by atoms with E-state index in [0.29, 0.717) is 5.92 Å². The summed E-state index contributed by atoms with van der Waals surface area (Å²) in [4.78, 5) is 4.12. The van der Waals surface area contributed by atoms with Gasteiger partial charge in [-0.1, -0.05) is 0 Å². The van der Waals surface area contributed by atoms with Crippen molar-refractivity contribution >= 4 is 0 Å². The Morgan fingerprint density at radius 1 is 1.40 bits per heavy atom. The van der Waals surface area contributed by atoms with Gasteiger partial charge in [0.2, 0.25) is 0 Å². The summed E-state index contributed by atoms with van der Waals surface area (Å²) in [6.45, 7) is 2.62. The predicted molar refractivity (Wildman–Crippen MR) is 74.9 cm³/mol. The van der Waals surface area contributed by atoms with Crippen LogP contribution in [0.1, 0.15) is 23.8 Å². The van der Waals surface area contributed by atoms with E-state index in [0.717, 1.165) is 26.1 Å². The molecule has 0 unspecified atom stereocenters. The van der Waals surface area contributed by atoms with Crippen molar-refractivity contribution in [2.24, 2.45) is 20.0 Å². The smallest absolute Gasteiger partial charge is 0.0945 e. The number of aromatic nitrogens is 4. The molecule has 1 saturated heterocycles. The molecule has 108 valence electrons. The van der Waals surface area contributed by atoms with Crippen LogP contribution in [0.5, 0.6) is 0 Å². The van der Waals surface area contributed by atoms with E-state index in [1.807, 2.05) is 48.3 Å². The molecule has 0 amide bonds. The van der Waals surface area contributed by atoms with E-state index in [4.69, 9.17) is 4.74 Å². The molecule has 2 aromatic heterocycles. The SMILES string of the molecule is Cn1cc([C@H]2OCC[C@@H]2CNCc2cncn2C)cn1. The Kier molecular flexibility index (Phi) is 3.84. The molecular formula is C14H21N5O. The molecule has 20 heavy (non-hydrogen) atoms. The highest BCUT2D eigenvalue weighted by molar-refractivity contribution is 5.11. The zero-order chi connectivity index (χ0) is 13.9. The van der Waals surface area contributed by atoms with Crippen LogP contribution in [0, 0.1) is 5.92 Å². The van der Waals surface area contributed by atoms with Crippen LogP contribution in [0.2, 0.25) is 0 Å². The second kappa shape index (κ2) is 5.76. The first kappa shape index (κ1) is 13.3. The summed E-state index contributed by atoms with van der Waals surface area (Å²) in [5, 5.41) is 7.74. The van der Waals surface area contributed by atoms with Crippen molar-refractivity contribution in [3.8, 4) is 0 Å². The number of hydrogen-bond donors (Lipinski definition) is 1. The normalized spacial score (nSPS) is 22.5. The van der Waals surface area contributed by atoms with E-state index in [1.165, 1.54) is 11.3 Å². The summed E-state index contributed by atoms with van der Waals surface area (Å²) in [5.74, 6) is 0.507. The van der Waals surface area contributed by atoms with E-state index < -0.39 is 0 Å². The van der Waals surface area contributed by atoms with Gasteiger partial charge in [-0.15, -0.1) is 0 Å². The van der Waals surface area contributed by atoms with Gasteiger partial charge in [0, 0.05) is 57.7 Å². The van der Waals surface area contributed by atoms with Crippen LogP contribution in [0.3, 0.4) is 0 Å². The second-order valence-corrected chi connectivity index (χ2v) is 5.41. The first-order chi connectivity index (χ1) is 9.74. The van der Waals surface area contributed by atoms with E-state index in [-0.39, 0.29) is 6.10 Å². The molecule has 0 radical (unpaired) electrons. The lowest BCUT2D eigenvalue weighted by molar-refractivity contribution is 0.0903. The Labute approximate surface area is 118 Å². The number of hydrogen-bond acceptors (Lipinski definition) is 4. The molecule has 6 nitrogen and oxygen atoms in total. The maximum absolute atomic E-state index is 5.87. The van der Waals surface area contributed by atoms with Crippen molar-refractivity contribution in [1.29, 1.82) is 0 Å². The summed E-state index contributed by atoms with van der Waals surface area (Å²) >= 11 is 0. The minimum absolute atomic E-state index is 0.169. The third-order valence-corrected chi connectivity index (χ3v) is 3.90. The summed E-state index contributed by atoms with van der Waals surface area (Å²) in [6, 6.07) is 0. The van der Waals surface area contributed by atoms with Crippen molar-refractivity contribution in [3.05, 3.63) is 36.2 Å². The average Bonchev–Trinajstić information content (AvgIpc) is 3.12. The Balaban J connectivity index is 1.55. The predicted octanol–water partition coefficient (Wildman–Crippen LogP) is 1.02. The third-order valence-electron chi connectivity index (χ3n) is 3.90. The summed E-state index contributed by atoms with van der Waals surface area (Å²) in [5.41, 5.74) is 2.37. The molecule has 3 rings (SSSR count). The molecule has 1 aliphatic heterocycles. The topological polar surface area (TPSA) is 56.9 Å². The van der Waals surface area contributed by atoms with Crippen LogP contribution < -0.4 is 5.32 Å². The lowest BCUT2D eigenvalue weighted by Gasteiger charge is -2.17. The monoisotopic (exact) mass is 275 g/mol. The lowest BCUT2D eigenvalue weighted by atomic mass is 9.97. The third kappa shape index (κ3) is 2.76. The second-order valence-electron chi connectivity index (χ2n) is 5.41. The highest BCUT2D eigenvalue weighted by atomic mass is 16.5. The van der Waals surface area contributed by atoms with Crippen molar-refractivity contribution in [3.63, 3.8) is 0 Å². The van der Waals surface area contributed by atoms with Crippen LogP contribution in [0.15, 0.2) is 24.9 Å². The van der Waals surface area contributed by atoms with Crippen molar-refractivity contribution in [1.82, 2.24) is 24.6 Å². The zero-order valence-corrected chi connectivity index (χ0v) is 12.0. The Morgan fingerprint density at radius 3 is 3.00 bits per heavy atom. The van der Waals surface area contributed by atoms with Gasteiger partial charge in [-0.2, -0.15) is 5.10 Å². The number of ether oxygens (including phenoxy) is 1. The summed E-state index contributed by atoms with van der Waals surface area (Å²) in [7, 11) is 3.95. The minimum Gasteiger partial charge on any atom is -0.373 e. The molecule has 6 heteroatoms. The fourth-order valence-electron chi connectivity index (χ4n) is 2.74. The van der Waals surface area contributed by atoms with Gasteiger partial charge in [-0.3, -0.25) is 4.68 Å². The van der Waals surface area contributed by atoms with E-state index in [9.17, 15) is 0 Å². The minimum atomic E-state index is 0.169. The summed E-state index contributed by atoms with van der Waals surface area (Å²) in [6.07, 6.45) is 8.94. The fourth-order valence-corrected chi connectivity index (χ4v) is 2.74. The van der Waals surface area contributed by atoms with Crippen molar-refractivity contribution < 1.29 is 4.74 Å². The maximum Gasteiger partial charge on any atom is 0.0945 e. The van der Waals surface area contributed by atoms with Gasteiger partial charge in [0.05, 0.1) is 24.3 Å². The first-order valence-electron chi connectivity index (χ1n) is 7.00. The molecular weight excluding hydrogens is 254 g/mol. The van der Waals surface area contributed by atoms with Crippen LogP contribution >= 0.6 is 0 Å². The van der Waals surface area contributed by atoms with Crippen LogP contribution in [0.4, 0.5) is 0 Å². The molecule has 0 aromatic carbocycles. The zero-order valence-electron chi connectivity index (χ0n) is 12.0. The Bertz CT molecular complexity index is 561. The van der Waals surface area contributed by atoms with E-state index >= 15 is 0 Å². The van der Waals surface area contributed by atoms with Crippen LogP contribution in [0.25, 0.3) is 0 Å². The van der Waals surface area contributed by atoms with Crippen LogP contribution in [-0.4, -0.2) is 32.5 Å². The highest BCUT2D eigenvalue weighted by Crippen LogP contribution is 2.33. The molecule has 0 spiro atoms. The Hall–Kier alpha value is -1.66. The molecule has 1 fully saturated rings. The molecule has 0 aliphatic carbocycles. The van der Waals surface area contributed by atoms with E-state index in [1.54, 1.807) is 0 Å². The molecule has 1 N–H and O–H groups in total. The number of nitrogens with one attached hydrogen (secondary N) is 1. The summed E-state index contributed by atoms with van der Waals surface area (Å²) < 4.78 is 9.73. The fraction of sp³-hybridized carbons (Fsp3) is 0.571. The molecule has 0 saturated carbocycles. The first-order valence-corrected chi connectivity index (χ1v) is 7.00. The van der Waals surface area contributed by atoms with Crippen LogP contribution in [-0.2, 0) is 25.4 Å². The number of aryl methyl sites for hydroxylation is 2. The van der Waals surface area contributed by atoms with Gasteiger partial charge in [0.1, 0.15) is 0 Å². The number of rotatable bonds is 5. The van der Waals surface area contributed by atoms with Gasteiger partial charge in [-0.25, -0.2) is 4.98 Å². The number of imidazole rings is 1. The molecule has 1 aliphatic rings. The van der Waals surface area contributed by atoms with Gasteiger partial charge in [0.25, 0.3) is 0 Å². The van der Waals surface area contributed by atoms with Gasteiger partial charge < -0.3 is 14.6 Å². The molecule has 2 aromatic rings. The molecule has 0 bridgehead atoms. The quantitative estimate of drug-likeness (QED) is 0.885. The van der Waals surface area contributed by atoms with Crippen molar-refractivity contribution in [2.45, 2.75) is 19.1 Å². The molecule has 3 heterocycles. The number of nitrogens with zero attached hydrogens (tertiary/aromatic N) is 4. The average molecular weight is 275 g/mol. The standard InChI is InChI=1S/C14H21N5O/c1-18-10-16-8-13(18)7-15-5-11-3-4-20-14(11)12-6-17-19(2)9-12/h6,8-11,14-15H,3-5,7H2,1-2H3/t11-,14+/m1/s1. The lowest BCUT2D eigenvalue weighted by Crippen LogP contribution is -2.25. The highest BCUT2D eigenvalue weighted by Gasteiger charge is 2.30. The molecule has 2 atom stereocenters. The Morgan fingerprint density at radius 2 is 2.30 bits per heavy atom. The van der Waals surface area contributed by atoms with Gasteiger partial charge in [-0.05, 0) is 6.42 Å². The van der Waals surface area contributed by atoms with E-state index in [2.05, 4.69) is 15.4 Å².